The highest BCUT2D eigenvalue weighted by molar-refractivity contribution is 7.89. The van der Waals surface area contributed by atoms with E-state index in [0.29, 0.717) is 18.0 Å². The number of carboxylic acid groups (broad SMARTS) is 2. The lowest BCUT2D eigenvalue weighted by molar-refractivity contribution is -0.159. The summed E-state index contributed by atoms with van der Waals surface area (Å²) in [5, 5.41) is 14.8. The Bertz CT molecular complexity index is 850. The average molecular weight is 423 g/mol. The number of hydrogen-bond acceptors (Lipinski definition) is 5. The minimum Gasteiger partial charge on any atom is -0.473 e. The summed E-state index contributed by atoms with van der Waals surface area (Å²) in [6.07, 6.45) is 7.44. The molecule has 2 N–H and O–H groups in total. The molecule has 3 aliphatic rings. The number of sulfonamides is 1. The van der Waals surface area contributed by atoms with Crippen LogP contribution in [0.1, 0.15) is 12.8 Å². The molecule has 1 heterocycles. The Balaban J connectivity index is 0.000000353. The Labute approximate surface area is 170 Å². The van der Waals surface area contributed by atoms with E-state index in [1.807, 2.05) is 6.07 Å². The van der Waals surface area contributed by atoms with Gasteiger partial charge in [0.1, 0.15) is 0 Å². The average Bonchev–Trinajstić information content (AvgIpc) is 3.33. The first-order valence-electron chi connectivity index (χ1n) is 9.69. The molecule has 2 bridgehead atoms. The van der Waals surface area contributed by atoms with Gasteiger partial charge >= 0.3 is 11.9 Å². The second-order valence-corrected chi connectivity index (χ2v) is 9.61. The molecule has 1 aromatic carbocycles. The number of benzene rings is 1. The van der Waals surface area contributed by atoms with Crippen molar-refractivity contribution in [3.8, 4) is 0 Å². The standard InChI is InChI=1S/C18H24N2O2S.C2H2O4/c21-23(22,18-4-2-1-3-5-18)20-10-8-19(9-11-20)14-17-13-15-6-7-16(17)12-15;3-1(4)2(5)6/h1-7,15-17H,8-14H2;(H,3,4)(H,5,6). The molecule has 9 heteroatoms. The molecule has 158 valence electrons. The van der Waals surface area contributed by atoms with Crippen LogP contribution in [-0.2, 0) is 19.6 Å². The van der Waals surface area contributed by atoms with Gasteiger partial charge in [-0.25, -0.2) is 18.0 Å². The highest BCUT2D eigenvalue weighted by atomic mass is 32.2. The van der Waals surface area contributed by atoms with Crippen LogP contribution < -0.4 is 0 Å². The number of piperazine rings is 1. The molecule has 0 spiro atoms. The van der Waals surface area contributed by atoms with Crippen molar-refractivity contribution >= 4 is 22.0 Å². The zero-order valence-corrected chi connectivity index (χ0v) is 16.9. The number of fused-ring (bicyclic) bond motifs is 2. The third-order valence-electron chi connectivity index (χ3n) is 5.80. The Morgan fingerprint density at radius 1 is 0.931 bits per heavy atom. The van der Waals surface area contributed by atoms with E-state index >= 15 is 0 Å². The highest BCUT2D eigenvalue weighted by Gasteiger charge is 2.37. The predicted octanol–water partition coefficient (Wildman–Crippen LogP) is 1.36. The smallest absolute Gasteiger partial charge is 0.414 e. The molecule has 2 aliphatic carbocycles. The molecular formula is C20H26N2O6S. The van der Waals surface area contributed by atoms with Crippen LogP contribution in [0.25, 0.3) is 0 Å². The summed E-state index contributed by atoms with van der Waals surface area (Å²) in [6, 6.07) is 8.78. The molecule has 2 fully saturated rings. The van der Waals surface area contributed by atoms with Gasteiger partial charge in [0.2, 0.25) is 10.0 Å². The normalized spacial score (nSPS) is 26.7. The highest BCUT2D eigenvalue weighted by Crippen LogP contribution is 2.43. The molecule has 0 amide bonds. The fourth-order valence-corrected chi connectivity index (χ4v) is 5.77. The molecule has 8 nitrogen and oxygen atoms in total. The first-order valence-corrected chi connectivity index (χ1v) is 11.1. The van der Waals surface area contributed by atoms with Gasteiger partial charge in [0, 0.05) is 32.7 Å². The third-order valence-corrected chi connectivity index (χ3v) is 7.72. The maximum atomic E-state index is 12.6. The van der Waals surface area contributed by atoms with Gasteiger partial charge in [0.05, 0.1) is 4.90 Å². The van der Waals surface area contributed by atoms with Crippen LogP contribution in [0.3, 0.4) is 0 Å². The van der Waals surface area contributed by atoms with Crippen LogP contribution in [0.15, 0.2) is 47.4 Å². The number of carboxylic acids is 2. The lowest BCUT2D eigenvalue weighted by atomic mass is 9.93. The van der Waals surface area contributed by atoms with E-state index in [2.05, 4.69) is 17.1 Å². The molecule has 1 saturated carbocycles. The Morgan fingerprint density at radius 2 is 1.55 bits per heavy atom. The van der Waals surface area contributed by atoms with Gasteiger partial charge in [-0.2, -0.15) is 4.31 Å². The number of nitrogens with zero attached hydrogens (tertiary/aromatic N) is 2. The van der Waals surface area contributed by atoms with Crippen LogP contribution >= 0.6 is 0 Å². The molecule has 4 rings (SSSR count). The lowest BCUT2D eigenvalue weighted by Gasteiger charge is -2.36. The van der Waals surface area contributed by atoms with Crippen molar-refractivity contribution in [1.29, 1.82) is 0 Å². The van der Waals surface area contributed by atoms with E-state index < -0.39 is 22.0 Å². The molecule has 1 aromatic rings. The molecule has 3 unspecified atom stereocenters. The first-order chi connectivity index (χ1) is 13.8. The van der Waals surface area contributed by atoms with Gasteiger partial charge in [-0.05, 0) is 42.7 Å². The summed E-state index contributed by atoms with van der Waals surface area (Å²) in [5.41, 5.74) is 0. The predicted molar refractivity (Wildman–Crippen MR) is 106 cm³/mol. The van der Waals surface area contributed by atoms with Crippen LogP contribution in [-0.4, -0.2) is 72.5 Å². The van der Waals surface area contributed by atoms with Crippen LogP contribution in [0.5, 0.6) is 0 Å². The molecule has 29 heavy (non-hydrogen) atoms. The fourth-order valence-electron chi connectivity index (χ4n) is 4.33. The summed E-state index contributed by atoms with van der Waals surface area (Å²) < 4.78 is 26.9. The van der Waals surface area contributed by atoms with Crippen molar-refractivity contribution in [2.24, 2.45) is 17.8 Å². The van der Waals surface area contributed by atoms with Crippen LogP contribution in [0.4, 0.5) is 0 Å². The van der Waals surface area contributed by atoms with Crippen LogP contribution in [0.2, 0.25) is 0 Å². The van der Waals surface area contributed by atoms with Gasteiger partial charge in [0.15, 0.2) is 0 Å². The van der Waals surface area contributed by atoms with Gasteiger partial charge in [-0.15, -0.1) is 0 Å². The molecule has 1 saturated heterocycles. The van der Waals surface area contributed by atoms with Crippen molar-refractivity contribution in [1.82, 2.24) is 9.21 Å². The summed E-state index contributed by atoms with van der Waals surface area (Å²) in [5.74, 6) is -1.29. The van der Waals surface area contributed by atoms with Gasteiger partial charge in [-0.3, -0.25) is 0 Å². The monoisotopic (exact) mass is 422 g/mol. The minimum atomic E-state index is -3.33. The minimum absolute atomic E-state index is 0.409. The molecule has 0 aromatic heterocycles. The van der Waals surface area contributed by atoms with Crippen molar-refractivity contribution in [2.75, 3.05) is 32.7 Å². The Morgan fingerprint density at radius 3 is 2.03 bits per heavy atom. The summed E-state index contributed by atoms with van der Waals surface area (Å²) in [6.45, 7) is 4.04. The fraction of sp³-hybridized carbons (Fsp3) is 0.500. The van der Waals surface area contributed by atoms with E-state index in [0.717, 1.165) is 37.4 Å². The Kier molecular flexibility index (Phi) is 6.71. The van der Waals surface area contributed by atoms with E-state index in [1.54, 1.807) is 28.6 Å². The van der Waals surface area contributed by atoms with E-state index in [9.17, 15) is 8.42 Å². The Hall–Kier alpha value is -2.23. The van der Waals surface area contributed by atoms with Crippen LogP contribution in [0, 0.1) is 17.8 Å². The van der Waals surface area contributed by atoms with Crippen molar-refractivity contribution < 1.29 is 28.2 Å². The third kappa shape index (κ3) is 5.23. The van der Waals surface area contributed by atoms with Crippen molar-refractivity contribution in [3.63, 3.8) is 0 Å². The van der Waals surface area contributed by atoms with E-state index in [1.165, 1.54) is 12.8 Å². The molecule has 1 aliphatic heterocycles. The van der Waals surface area contributed by atoms with Gasteiger partial charge in [0.25, 0.3) is 0 Å². The number of aliphatic carboxylic acids is 2. The molecule has 0 radical (unpaired) electrons. The maximum absolute atomic E-state index is 12.6. The number of carbonyl (C=O) groups is 2. The molecule has 3 atom stereocenters. The largest absolute Gasteiger partial charge is 0.473 e. The maximum Gasteiger partial charge on any atom is 0.414 e. The second kappa shape index (κ2) is 9.06. The summed E-state index contributed by atoms with van der Waals surface area (Å²) in [4.78, 5) is 21.1. The zero-order chi connectivity index (χ0) is 21.0. The van der Waals surface area contributed by atoms with Crippen molar-refractivity contribution in [3.05, 3.63) is 42.5 Å². The second-order valence-electron chi connectivity index (χ2n) is 7.67. The van der Waals surface area contributed by atoms with E-state index in [4.69, 9.17) is 19.8 Å². The topological polar surface area (TPSA) is 115 Å². The SMILES string of the molecule is O=C(O)C(=O)O.O=S(=O)(c1ccccc1)N1CCN(CC2CC3C=CC2C3)CC1. The number of hydrogen-bond donors (Lipinski definition) is 2. The number of allylic oxidation sites excluding steroid dienone is 2. The van der Waals surface area contributed by atoms with Gasteiger partial charge < -0.3 is 15.1 Å². The van der Waals surface area contributed by atoms with E-state index in [-0.39, 0.29) is 0 Å². The van der Waals surface area contributed by atoms with Crippen molar-refractivity contribution in [2.45, 2.75) is 17.7 Å². The summed E-state index contributed by atoms with van der Waals surface area (Å²) >= 11 is 0. The van der Waals surface area contributed by atoms with Gasteiger partial charge in [-0.1, -0.05) is 30.4 Å². The molecular weight excluding hydrogens is 396 g/mol. The summed E-state index contributed by atoms with van der Waals surface area (Å²) in [7, 11) is -3.33. The lowest BCUT2D eigenvalue weighted by Crippen LogP contribution is -2.49. The first kappa shape index (κ1) is 21.5. The quantitative estimate of drug-likeness (QED) is 0.556. The number of rotatable bonds is 4. The zero-order valence-electron chi connectivity index (χ0n) is 16.1.